The summed E-state index contributed by atoms with van der Waals surface area (Å²) in [5.74, 6) is 0. The lowest BCUT2D eigenvalue weighted by Crippen LogP contribution is -2.55. The summed E-state index contributed by atoms with van der Waals surface area (Å²) in [6, 6.07) is 0. The summed E-state index contributed by atoms with van der Waals surface area (Å²) in [5.41, 5.74) is -0.835. The van der Waals surface area contributed by atoms with Crippen LogP contribution in [0.2, 0.25) is 0 Å². The van der Waals surface area contributed by atoms with Gasteiger partial charge in [-0.1, -0.05) is 0 Å². The minimum absolute atomic E-state index is 0.167. The summed E-state index contributed by atoms with van der Waals surface area (Å²) in [7, 11) is 0. The Labute approximate surface area is 117 Å². The normalized spacial score (nSPS) is 42.9. The van der Waals surface area contributed by atoms with E-state index in [0.717, 1.165) is 32.1 Å². The molecular formula is C15H30N2O2. The second-order valence-corrected chi connectivity index (χ2v) is 8.42. The van der Waals surface area contributed by atoms with Gasteiger partial charge in [-0.05, 0) is 73.6 Å². The van der Waals surface area contributed by atoms with Gasteiger partial charge in [0.05, 0.1) is 0 Å². The van der Waals surface area contributed by atoms with Crippen LogP contribution in [-0.2, 0) is 0 Å². The Bertz CT molecular complexity index is 335. The third kappa shape index (κ3) is 2.33. The maximum Gasteiger partial charge on any atom is 0.0457 e. The molecule has 0 aliphatic carbocycles. The molecule has 2 heterocycles. The van der Waals surface area contributed by atoms with Gasteiger partial charge >= 0.3 is 0 Å². The summed E-state index contributed by atoms with van der Waals surface area (Å²) in [4.78, 5) is 0. The smallest absolute Gasteiger partial charge is 0.0457 e. The van der Waals surface area contributed by atoms with Gasteiger partial charge in [-0.3, -0.25) is 0 Å². The lowest BCUT2D eigenvalue weighted by atomic mass is 9.82. The summed E-state index contributed by atoms with van der Waals surface area (Å²) in [5, 5.41) is 24.1. The molecular weight excluding hydrogens is 240 g/mol. The van der Waals surface area contributed by atoms with Crippen molar-refractivity contribution in [1.29, 1.82) is 0 Å². The van der Waals surface area contributed by atoms with Gasteiger partial charge in [0.25, 0.3) is 0 Å². The third-order valence-corrected chi connectivity index (χ3v) is 5.48. The first-order valence-corrected chi connectivity index (χ1v) is 7.42. The van der Waals surface area contributed by atoms with Crippen molar-refractivity contribution >= 4 is 0 Å². The lowest BCUT2D eigenvalue weighted by Gasteiger charge is -2.45. The number of nitrogens with zero attached hydrogens (tertiary/aromatic N) is 2. The number of hydrogen-bond donors (Lipinski definition) is 2. The minimum Gasteiger partial charge on any atom is -0.313 e. The predicted octanol–water partition coefficient (Wildman–Crippen LogP) is 3.42. The van der Waals surface area contributed by atoms with Crippen LogP contribution in [0.1, 0.15) is 73.6 Å². The van der Waals surface area contributed by atoms with Gasteiger partial charge in [0.1, 0.15) is 0 Å². The van der Waals surface area contributed by atoms with E-state index < -0.39 is 0 Å². The Morgan fingerprint density at radius 3 is 1.21 bits per heavy atom. The maximum absolute atomic E-state index is 10.5. The molecule has 2 aliphatic heterocycles. The summed E-state index contributed by atoms with van der Waals surface area (Å²) < 4.78 is 0. The van der Waals surface area contributed by atoms with E-state index in [-0.39, 0.29) is 22.2 Å². The van der Waals surface area contributed by atoms with Gasteiger partial charge in [-0.2, -0.15) is 10.1 Å². The first kappa shape index (κ1) is 15.2. The van der Waals surface area contributed by atoms with Crippen molar-refractivity contribution in [1.82, 2.24) is 10.1 Å². The van der Waals surface area contributed by atoms with Crippen molar-refractivity contribution in [3.05, 3.63) is 0 Å². The Morgan fingerprint density at radius 2 is 1.00 bits per heavy atom. The first-order chi connectivity index (χ1) is 8.43. The molecule has 2 aliphatic rings. The quantitative estimate of drug-likeness (QED) is 0.807. The molecule has 2 unspecified atom stereocenters. The summed E-state index contributed by atoms with van der Waals surface area (Å²) in [6.07, 6.45) is 4.72. The highest BCUT2D eigenvalue weighted by Gasteiger charge is 2.55. The molecule has 4 heteroatoms. The van der Waals surface area contributed by atoms with Crippen LogP contribution in [0.25, 0.3) is 0 Å². The van der Waals surface area contributed by atoms with E-state index in [4.69, 9.17) is 0 Å². The average molecular weight is 270 g/mol. The molecule has 0 bridgehead atoms. The zero-order valence-electron chi connectivity index (χ0n) is 13.3. The van der Waals surface area contributed by atoms with Gasteiger partial charge in [-0.25, -0.2) is 0 Å². The molecule has 112 valence electrons. The molecule has 4 nitrogen and oxygen atoms in total. The molecule has 2 rings (SSSR count). The van der Waals surface area contributed by atoms with Gasteiger partial charge < -0.3 is 10.4 Å². The van der Waals surface area contributed by atoms with Crippen molar-refractivity contribution in [2.75, 3.05) is 0 Å². The molecule has 19 heavy (non-hydrogen) atoms. The van der Waals surface area contributed by atoms with E-state index in [0.29, 0.717) is 0 Å². The van der Waals surface area contributed by atoms with E-state index in [1.54, 1.807) is 0 Å². The number of rotatable bonds is 2. The minimum atomic E-state index is -0.250. The standard InChI is InChI=1S/C15H30N2O2/c1-12(2)7-9-14(5,16(12)18)11-15(6)10-8-13(3,4)17(15)19/h18-19H,7-11H2,1-6H3. The molecule has 0 radical (unpaired) electrons. The number of hydroxylamine groups is 4. The Hall–Kier alpha value is -0.160. The van der Waals surface area contributed by atoms with Crippen LogP contribution in [0, 0.1) is 0 Å². The van der Waals surface area contributed by atoms with Crippen molar-refractivity contribution in [2.24, 2.45) is 0 Å². The molecule has 0 amide bonds. The van der Waals surface area contributed by atoms with Crippen molar-refractivity contribution in [2.45, 2.75) is 95.8 Å². The fourth-order valence-corrected chi connectivity index (χ4v) is 4.18. The van der Waals surface area contributed by atoms with Crippen LogP contribution >= 0.6 is 0 Å². The van der Waals surface area contributed by atoms with E-state index in [9.17, 15) is 10.4 Å². The molecule has 2 saturated heterocycles. The molecule has 2 fully saturated rings. The Balaban J connectivity index is 2.18. The topological polar surface area (TPSA) is 46.9 Å². The van der Waals surface area contributed by atoms with E-state index in [1.807, 2.05) is 0 Å². The largest absolute Gasteiger partial charge is 0.313 e. The second kappa shape index (κ2) is 4.17. The predicted molar refractivity (Wildman–Crippen MR) is 75.3 cm³/mol. The zero-order chi connectivity index (χ0) is 14.7. The summed E-state index contributed by atoms with van der Waals surface area (Å²) in [6.45, 7) is 12.6. The Morgan fingerprint density at radius 1 is 0.684 bits per heavy atom. The van der Waals surface area contributed by atoms with E-state index in [1.165, 1.54) is 10.1 Å². The maximum atomic E-state index is 10.5. The van der Waals surface area contributed by atoms with Crippen molar-refractivity contribution in [3.63, 3.8) is 0 Å². The highest BCUT2D eigenvalue weighted by molar-refractivity contribution is 5.07. The Kier molecular flexibility index (Phi) is 3.34. The van der Waals surface area contributed by atoms with Crippen LogP contribution in [0.15, 0.2) is 0 Å². The summed E-state index contributed by atoms with van der Waals surface area (Å²) >= 11 is 0. The molecule has 2 N–H and O–H groups in total. The van der Waals surface area contributed by atoms with Crippen LogP contribution in [0.5, 0.6) is 0 Å². The molecule has 2 atom stereocenters. The SMILES string of the molecule is CC1(C)CCC(C)(CC2(C)CCC(C)(C)N2O)N1O. The molecule has 0 spiro atoms. The second-order valence-electron chi connectivity index (χ2n) is 8.42. The lowest BCUT2D eigenvalue weighted by molar-refractivity contribution is -0.236. The molecule has 0 aromatic rings. The van der Waals surface area contributed by atoms with Crippen LogP contribution in [0.4, 0.5) is 0 Å². The van der Waals surface area contributed by atoms with E-state index >= 15 is 0 Å². The van der Waals surface area contributed by atoms with Gasteiger partial charge in [0.2, 0.25) is 0 Å². The molecule has 0 saturated carbocycles. The number of hydrogen-bond acceptors (Lipinski definition) is 4. The van der Waals surface area contributed by atoms with Crippen LogP contribution in [0.3, 0.4) is 0 Å². The first-order valence-electron chi connectivity index (χ1n) is 7.42. The fraction of sp³-hybridized carbons (Fsp3) is 1.00. The fourth-order valence-electron chi connectivity index (χ4n) is 4.18. The van der Waals surface area contributed by atoms with Crippen LogP contribution < -0.4 is 0 Å². The highest BCUT2D eigenvalue weighted by Crippen LogP contribution is 2.49. The highest BCUT2D eigenvalue weighted by atomic mass is 16.5. The van der Waals surface area contributed by atoms with Gasteiger partial charge in [0, 0.05) is 22.2 Å². The van der Waals surface area contributed by atoms with Gasteiger partial charge in [-0.15, -0.1) is 0 Å². The molecule has 0 aromatic carbocycles. The zero-order valence-corrected chi connectivity index (χ0v) is 13.3. The monoisotopic (exact) mass is 270 g/mol. The van der Waals surface area contributed by atoms with Crippen molar-refractivity contribution < 1.29 is 10.4 Å². The van der Waals surface area contributed by atoms with Crippen LogP contribution in [-0.4, -0.2) is 42.7 Å². The average Bonchev–Trinajstić information content (AvgIpc) is 2.61. The van der Waals surface area contributed by atoms with Crippen molar-refractivity contribution in [3.8, 4) is 0 Å². The third-order valence-electron chi connectivity index (χ3n) is 5.48. The van der Waals surface area contributed by atoms with E-state index in [2.05, 4.69) is 41.5 Å². The molecule has 0 aromatic heterocycles. The van der Waals surface area contributed by atoms with Gasteiger partial charge in [0.15, 0.2) is 0 Å².